The SMILES string of the molecule is [CH2]c1ccc(CCC)cc1F. The fourth-order valence-electron chi connectivity index (χ4n) is 1.03. The van der Waals surface area contributed by atoms with Crippen LogP contribution >= 0.6 is 0 Å². The largest absolute Gasteiger partial charge is 0.207 e. The van der Waals surface area contributed by atoms with Gasteiger partial charge in [-0.25, -0.2) is 4.39 Å². The van der Waals surface area contributed by atoms with Crippen molar-refractivity contribution < 1.29 is 4.39 Å². The van der Waals surface area contributed by atoms with E-state index in [1.54, 1.807) is 12.1 Å². The Morgan fingerprint density at radius 3 is 2.73 bits per heavy atom. The van der Waals surface area contributed by atoms with Crippen LogP contribution in [0.3, 0.4) is 0 Å². The van der Waals surface area contributed by atoms with E-state index in [9.17, 15) is 4.39 Å². The van der Waals surface area contributed by atoms with Gasteiger partial charge in [0.15, 0.2) is 0 Å². The molecule has 0 spiro atoms. The van der Waals surface area contributed by atoms with E-state index in [2.05, 4.69) is 13.8 Å². The summed E-state index contributed by atoms with van der Waals surface area (Å²) >= 11 is 0. The molecule has 0 heterocycles. The Balaban J connectivity index is 2.86. The molecule has 0 aromatic heterocycles. The van der Waals surface area contributed by atoms with E-state index in [1.165, 1.54) is 0 Å². The summed E-state index contributed by atoms with van der Waals surface area (Å²) in [5, 5.41) is 0. The van der Waals surface area contributed by atoms with Crippen LogP contribution in [-0.4, -0.2) is 0 Å². The molecular formula is C10H12F. The van der Waals surface area contributed by atoms with E-state index >= 15 is 0 Å². The van der Waals surface area contributed by atoms with Gasteiger partial charge in [-0.15, -0.1) is 0 Å². The Morgan fingerprint density at radius 2 is 2.18 bits per heavy atom. The van der Waals surface area contributed by atoms with E-state index in [1.807, 2.05) is 6.07 Å². The maximum absolute atomic E-state index is 12.8. The minimum atomic E-state index is -0.198. The summed E-state index contributed by atoms with van der Waals surface area (Å²) in [6.45, 7) is 5.63. The Bertz CT molecular complexity index is 241. The van der Waals surface area contributed by atoms with Gasteiger partial charge < -0.3 is 0 Å². The number of benzene rings is 1. The molecule has 0 saturated heterocycles. The summed E-state index contributed by atoms with van der Waals surface area (Å²) in [5.41, 5.74) is 1.53. The van der Waals surface area contributed by atoms with Crippen molar-refractivity contribution in [1.82, 2.24) is 0 Å². The molecule has 1 radical (unpaired) electrons. The molecule has 0 amide bonds. The van der Waals surface area contributed by atoms with Crippen molar-refractivity contribution >= 4 is 0 Å². The van der Waals surface area contributed by atoms with Crippen molar-refractivity contribution in [2.24, 2.45) is 0 Å². The van der Waals surface area contributed by atoms with Crippen LogP contribution < -0.4 is 0 Å². The van der Waals surface area contributed by atoms with Crippen LogP contribution in [0.2, 0.25) is 0 Å². The molecule has 0 aliphatic heterocycles. The normalized spacial score (nSPS) is 10.1. The van der Waals surface area contributed by atoms with Crippen molar-refractivity contribution in [1.29, 1.82) is 0 Å². The smallest absolute Gasteiger partial charge is 0.126 e. The van der Waals surface area contributed by atoms with Crippen molar-refractivity contribution in [2.45, 2.75) is 19.8 Å². The lowest BCUT2D eigenvalue weighted by molar-refractivity contribution is 0.620. The molecule has 0 N–H and O–H groups in total. The second kappa shape index (κ2) is 3.51. The van der Waals surface area contributed by atoms with Gasteiger partial charge in [-0.3, -0.25) is 0 Å². The fraction of sp³-hybridized carbons (Fsp3) is 0.300. The van der Waals surface area contributed by atoms with Crippen LogP contribution in [0, 0.1) is 12.7 Å². The van der Waals surface area contributed by atoms with E-state index in [4.69, 9.17) is 0 Å². The molecule has 0 aliphatic carbocycles. The summed E-state index contributed by atoms with van der Waals surface area (Å²) in [6.07, 6.45) is 1.99. The van der Waals surface area contributed by atoms with Gasteiger partial charge in [0.05, 0.1) is 0 Å². The standard InChI is InChI=1S/C10H12F/c1-3-4-9-6-5-8(2)10(11)7-9/h5-7H,2-4H2,1H3. The lowest BCUT2D eigenvalue weighted by Gasteiger charge is -1.99. The van der Waals surface area contributed by atoms with Crippen LogP contribution in [0.4, 0.5) is 4.39 Å². The first-order valence-corrected chi connectivity index (χ1v) is 3.84. The summed E-state index contributed by atoms with van der Waals surface area (Å²) in [7, 11) is 0. The number of hydrogen-bond acceptors (Lipinski definition) is 0. The zero-order valence-electron chi connectivity index (χ0n) is 6.73. The lowest BCUT2D eigenvalue weighted by Crippen LogP contribution is -1.87. The van der Waals surface area contributed by atoms with Crippen molar-refractivity contribution in [3.05, 3.63) is 42.1 Å². The first-order valence-electron chi connectivity index (χ1n) is 3.84. The third kappa shape index (κ3) is 2.04. The number of rotatable bonds is 2. The Morgan fingerprint density at radius 1 is 1.45 bits per heavy atom. The zero-order valence-corrected chi connectivity index (χ0v) is 6.73. The van der Waals surface area contributed by atoms with Gasteiger partial charge >= 0.3 is 0 Å². The molecule has 0 unspecified atom stereocenters. The third-order valence-corrected chi connectivity index (χ3v) is 1.66. The zero-order chi connectivity index (χ0) is 8.27. The molecule has 0 nitrogen and oxygen atoms in total. The van der Waals surface area contributed by atoms with Gasteiger partial charge in [-0.1, -0.05) is 25.5 Å². The van der Waals surface area contributed by atoms with Gasteiger partial charge in [0.25, 0.3) is 0 Å². The van der Waals surface area contributed by atoms with Gasteiger partial charge in [0.1, 0.15) is 5.82 Å². The van der Waals surface area contributed by atoms with Crippen LogP contribution in [0.1, 0.15) is 24.5 Å². The fourth-order valence-corrected chi connectivity index (χ4v) is 1.03. The van der Waals surface area contributed by atoms with Crippen molar-refractivity contribution in [2.75, 3.05) is 0 Å². The number of aryl methyl sites for hydroxylation is 1. The highest BCUT2D eigenvalue weighted by Gasteiger charge is 1.97. The summed E-state index contributed by atoms with van der Waals surface area (Å²) in [4.78, 5) is 0. The minimum Gasteiger partial charge on any atom is -0.207 e. The molecule has 11 heavy (non-hydrogen) atoms. The van der Waals surface area contributed by atoms with Crippen LogP contribution in [0.5, 0.6) is 0 Å². The molecule has 0 atom stereocenters. The van der Waals surface area contributed by atoms with E-state index in [-0.39, 0.29) is 5.82 Å². The Labute approximate surface area is 67.1 Å². The maximum atomic E-state index is 12.8. The summed E-state index contributed by atoms with van der Waals surface area (Å²) < 4.78 is 12.8. The topological polar surface area (TPSA) is 0 Å². The highest BCUT2D eigenvalue weighted by Crippen LogP contribution is 2.10. The predicted molar refractivity (Wildman–Crippen MR) is 44.9 cm³/mol. The molecule has 1 aromatic rings. The molecule has 59 valence electrons. The van der Waals surface area contributed by atoms with Crippen molar-refractivity contribution in [3.8, 4) is 0 Å². The average Bonchev–Trinajstić information content (AvgIpc) is 1.98. The molecule has 0 saturated carbocycles. The minimum absolute atomic E-state index is 0.198. The van der Waals surface area contributed by atoms with Gasteiger partial charge in [-0.05, 0) is 30.5 Å². The molecule has 1 heteroatoms. The van der Waals surface area contributed by atoms with Crippen LogP contribution in [0.15, 0.2) is 18.2 Å². The molecule has 0 aliphatic rings. The summed E-state index contributed by atoms with van der Waals surface area (Å²) in [5.74, 6) is -0.198. The van der Waals surface area contributed by atoms with Gasteiger partial charge in [0.2, 0.25) is 0 Å². The molecule has 1 aromatic carbocycles. The Kier molecular flexibility index (Phi) is 2.64. The molecular weight excluding hydrogens is 139 g/mol. The molecule has 0 fully saturated rings. The van der Waals surface area contributed by atoms with Gasteiger partial charge in [0, 0.05) is 0 Å². The quantitative estimate of drug-likeness (QED) is 0.609. The second-order valence-corrected chi connectivity index (χ2v) is 2.68. The van der Waals surface area contributed by atoms with Crippen LogP contribution in [-0.2, 0) is 6.42 Å². The third-order valence-electron chi connectivity index (χ3n) is 1.66. The molecule has 0 bridgehead atoms. The van der Waals surface area contributed by atoms with Crippen molar-refractivity contribution in [3.63, 3.8) is 0 Å². The Hall–Kier alpha value is -0.850. The average molecular weight is 151 g/mol. The van der Waals surface area contributed by atoms with Crippen LogP contribution in [0.25, 0.3) is 0 Å². The lowest BCUT2D eigenvalue weighted by atomic mass is 10.1. The predicted octanol–water partition coefficient (Wildman–Crippen LogP) is 2.96. The van der Waals surface area contributed by atoms with E-state index in [0.717, 1.165) is 18.4 Å². The highest BCUT2D eigenvalue weighted by molar-refractivity contribution is 5.26. The van der Waals surface area contributed by atoms with E-state index in [0.29, 0.717) is 5.56 Å². The number of halogens is 1. The monoisotopic (exact) mass is 151 g/mol. The molecule has 1 rings (SSSR count). The highest BCUT2D eigenvalue weighted by atomic mass is 19.1. The first kappa shape index (κ1) is 8.25. The van der Waals surface area contributed by atoms with Gasteiger partial charge in [-0.2, -0.15) is 0 Å². The van der Waals surface area contributed by atoms with E-state index < -0.39 is 0 Å². The maximum Gasteiger partial charge on any atom is 0.126 e. The number of hydrogen-bond donors (Lipinski definition) is 0. The summed E-state index contributed by atoms with van der Waals surface area (Å²) in [6, 6.07) is 5.21. The first-order chi connectivity index (χ1) is 5.24. The second-order valence-electron chi connectivity index (χ2n) is 2.68.